The molecule has 1 aliphatic rings. The van der Waals surface area contributed by atoms with Gasteiger partial charge in [-0.15, -0.1) is 0 Å². The molecule has 1 fully saturated rings. The van der Waals surface area contributed by atoms with Crippen molar-refractivity contribution >= 4 is 11.9 Å². The lowest BCUT2D eigenvalue weighted by atomic mass is 9.92. The molecule has 1 aliphatic heterocycles. The van der Waals surface area contributed by atoms with E-state index in [0.717, 1.165) is 5.57 Å². The maximum absolute atomic E-state index is 11.8. The quantitative estimate of drug-likeness (QED) is 0.639. The second kappa shape index (κ2) is 4.76. The Morgan fingerprint density at radius 1 is 1.32 bits per heavy atom. The summed E-state index contributed by atoms with van der Waals surface area (Å²) in [6.45, 7) is 7.75. The molecule has 0 saturated carbocycles. The standard InChI is InChI=1S/C14H16N2O3/c1-9(2)8-19-11-6-4-10(5-7-11)14(3)12(17)15-13(18)16-14/h4-7H,1,8H2,2-3H3,(H2,15,16,17,18). The molecule has 5 heteroatoms. The molecule has 1 aromatic carbocycles. The van der Waals surface area contributed by atoms with Gasteiger partial charge in [-0.1, -0.05) is 18.7 Å². The molecule has 0 spiro atoms. The number of hydrogen-bond donors (Lipinski definition) is 2. The lowest BCUT2D eigenvalue weighted by Crippen LogP contribution is -2.40. The molecule has 2 N–H and O–H groups in total. The Kier molecular flexibility index (Phi) is 3.29. The Bertz CT molecular complexity index is 536. The van der Waals surface area contributed by atoms with Crippen molar-refractivity contribution in [3.8, 4) is 5.75 Å². The van der Waals surface area contributed by atoms with E-state index in [4.69, 9.17) is 4.74 Å². The molecule has 100 valence electrons. The van der Waals surface area contributed by atoms with E-state index in [0.29, 0.717) is 17.9 Å². The molecule has 0 aliphatic carbocycles. The summed E-state index contributed by atoms with van der Waals surface area (Å²) < 4.78 is 5.48. The summed E-state index contributed by atoms with van der Waals surface area (Å²) in [6.07, 6.45) is 0. The number of carbonyl (C=O) groups is 2. The molecule has 0 bridgehead atoms. The van der Waals surface area contributed by atoms with E-state index >= 15 is 0 Å². The fourth-order valence-electron chi connectivity index (χ4n) is 1.84. The minimum absolute atomic E-state index is 0.354. The van der Waals surface area contributed by atoms with Crippen LogP contribution < -0.4 is 15.4 Å². The fraction of sp³-hybridized carbons (Fsp3) is 0.286. The van der Waals surface area contributed by atoms with Crippen LogP contribution in [0.4, 0.5) is 4.79 Å². The summed E-state index contributed by atoms with van der Waals surface area (Å²) in [5.41, 5.74) is 0.612. The van der Waals surface area contributed by atoms with Gasteiger partial charge in [0.15, 0.2) is 0 Å². The van der Waals surface area contributed by atoms with E-state index in [1.165, 1.54) is 0 Å². The third kappa shape index (κ3) is 2.59. The normalized spacial score (nSPS) is 21.8. The van der Waals surface area contributed by atoms with E-state index < -0.39 is 11.6 Å². The van der Waals surface area contributed by atoms with Gasteiger partial charge in [0.25, 0.3) is 5.91 Å². The number of amides is 3. The number of benzene rings is 1. The zero-order valence-corrected chi connectivity index (χ0v) is 10.9. The molecule has 2 rings (SSSR count). The van der Waals surface area contributed by atoms with E-state index in [-0.39, 0.29) is 5.91 Å². The molecule has 3 amide bonds. The number of rotatable bonds is 4. The van der Waals surface area contributed by atoms with Crippen LogP contribution in [0.25, 0.3) is 0 Å². The Morgan fingerprint density at radius 2 is 1.95 bits per heavy atom. The fourth-order valence-corrected chi connectivity index (χ4v) is 1.84. The van der Waals surface area contributed by atoms with Crippen molar-refractivity contribution in [2.45, 2.75) is 19.4 Å². The van der Waals surface area contributed by atoms with E-state index in [1.807, 2.05) is 6.92 Å². The predicted octanol–water partition coefficient (Wildman–Crippen LogP) is 1.70. The van der Waals surface area contributed by atoms with Crippen LogP contribution in [0.1, 0.15) is 19.4 Å². The molecular formula is C14H16N2O3. The zero-order valence-electron chi connectivity index (χ0n) is 10.9. The molecule has 1 unspecified atom stereocenters. The monoisotopic (exact) mass is 260 g/mol. The Hall–Kier alpha value is -2.30. The van der Waals surface area contributed by atoms with E-state index in [2.05, 4.69) is 17.2 Å². The summed E-state index contributed by atoms with van der Waals surface area (Å²) in [4.78, 5) is 23.0. The summed E-state index contributed by atoms with van der Waals surface area (Å²) in [5.74, 6) is 0.341. The first-order chi connectivity index (χ1) is 8.91. The average molecular weight is 260 g/mol. The van der Waals surface area contributed by atoms with Crippen LogP contribution in [-0.4, -0.2) is 18.5 Å². The highest BCUT2D eigenvalue weighted by atomic mass is 16.5. The molecular weight excluding hydrogens is 244 g/mol. The van der Waals surface area contributed by atoms with E-state index in [9.17, 15) is 9.59 Å². The molecule has 0 radical (unpaired) electrons. The maximum atomic E-state index is 11.8. The second-order valence-corrected chi connectivity index (χ2v) is 4.80. The second-order valence-electron chi connectivity index (χ2n) is 4.80. The summed E-state index contributed by atoms with van der Waals surface area (Å²) in [5, 5.41) is 4.84. The summed E-state index contributed by atoms with van der Waals surface area (Å²) >= 11 is 0. The van der Waals surface area contributed by atoms with Crippen molar-refractivity contribution < 1.29 is 14.3 Å². The number of carbonyl (C=O) groups excluding carboxylic acids is 2. The largest absolute Gasteiger partial charge is 0.489 e. The highest BCUT2D eigenvalue weighted by molar-refractivity contribution is 6.07. The van der Waals surface area contributed by atoms with Crippen molar-refractivity contribution in [2.75, 3.05) is 6.61 Å². The molecule has 1 atom stereocenters. The van der Waals surface area contributed by atoms with Gasteiger partial charge >= 0.3 is 6.03 Å². The first-order valence-corrected chi connectivity index (χ1v) is 5.93. The lowest BCUT2D eigenvalue weighted by molar-refractivity contribution is -0.123. The number of hydrogen-bond acceptors (Lipinski definition) is 3. The van der Waals surface area contributed by atoms with Gasteiger partial charge < -0.3 is 10.1 Å². The van der Waals surface area contributed by atoms with Gasteiger partial charge in [0.2, 0.25) is 0 Å². The number of ether oxygens (including phenoxy) is 1. The van der Waals surface area contributed by atoms with Crippen LogP contribution in [0.5, 0.6) is 5.75 Å². The van der Waals surface area contributed by atoms with Gasteiger partial charge in [0.05, 0.1) is 0 Å². The van der Waals surface area contributed by atoms with Gasteiger partial charge in [0, 0.05) is 0 Å². The smallest absolute Gasteiger partial charge is 0.322 e. The number of urea groups is 1. The first-order valence-electron chi connectivity index (χ1n) is 5.93. The Labute approximate surface area is 111 Å². The van der Waals surface area contributed by atoms with Crippen molar-refractivity contribution in [1.29, 1.82) is 0 Å². The van der Waals surface area contributed by atoms with E-state index in [1.54, 1.807) is 31.2 Å². The zero-order chi connectivity index (χ0) is 14.0. The minimum atomic E-state index is -1.02. The van der Waals surface area contributed by atoms with Gasteiger partial charge in [-0.2, -0.15) is 0 Å². The molecule has 1 aromatic rings. The topological polar surface area (TPSA) is 67.4 Å². The number of imide groups is 1. The van der Waals surface area contributed by atoms with Crippen LogP contribution in [0.2, 0.25) is 0 Å². The third-order valence-corrected chi connectivity index (χ3v) is 2.96. The van der Waals surface area contributed by atoms with Gasteiger partial charge in [-0.25, -0.2) is 4.79 Å². The Morgan fingerprint density at radius 3 is 2.42 bits per heavy atom. The SMILES string of the molecule is C=C(C)COc1ccc(C2(C)NC(=O)NC2=O)cc1. The third-order valence-electron chi connectivity index (χ3n) is 2.96. The van der Waals surface area contributed by atoms with Gasteiger partial charge in [-0.3, -0.25) is 10.1 Å². The summed E-state index contributed by atoms with van der Waals surface area (Å²) in [6, 6.07) is 6.58. The number of nitrogens with one attached hydrogen (secondary N) is 2. The highest BCUT2D eigenvalue weighted by Gasteiger charge is 2.43. The molecule has 1 saturated heterocycles. The van der Waals surface area contributed by atoms with Crippen molar-refractivity contribution in [3.05, 3.63) is 42.0 Å². The molecule has 0 aromatic heterocycles. The first kappa shape index (κ1) is 13.1. The van der Waals surface area contributed by atoms with Crippen LogP contribution in [0.15, 0.2) is 36.4 Å². The predicted molar refractivity (Wildman–Crippen MR) is 70.8 cm³/mol. The molecule has 19 heavy (non-hydrogen) atoms. The van der Waals surface area contributed by atoms with Gasteiger partial charge in [-0.05, 0) is 37.1 Å². The molecule has 5 nitrogen and oxygen atoms in total. The average Bonchev–Trinajstić information content (AvgIpc) is 2.62. The minimum Gasteiger partial charge on any atom is -0.489 e. The maximum Gasteiger partial charge on any atom is 0.322 e. The van der Waals surface area contributed by atoms with Crippen LogP contribution >= 0.6 is 0 Å². The lowest BCUT2D eigenvalue weighted by Gasteiger charge is -2.21. The van der Waals surface area contributed by atoms with Crippen LogP contribution in [-0.2, 0) is 10.3 Å². The van der Waals surface area contributed by atoms with Gasteiger partial charge in [0.1, 0.15) is 17.9 Å². The summed E-state index contributed by atoms with van der Waals surface area (Å²) in [7, 11) is 0. The van der Waals surface area contributed by atoms with Crippen LogP contribution in [0, 0.1) is 0 Å². The van der Waals surface area contributed by atoms with Crippen molar-refractivity contribution in [3.63, 3.8) is 0 Å². The highest BCUT2D eigenvalue weighted by Crippen LogP contribution is 2.26. The van der Waals surface area contributed by atoms with Crippen LogP contribution in [0.3, 0.4) is 0 Å². The molecule has 1 heterocycles. The Balaban J connectivity index is 2.16. The van der Waals surface area contributed by atoms with Crippen molar-refractivity contribution in [2.24, 2.45) is 0 Å². The van der Waals surface area contributed by atoms with Crippen molar-refractivity contribution in [1.82, 2.24) is 10.6 Å².